The van der Waals surface area contributed by atoms with Gasteiger partial charge in [-0.05, 0) is 30.3 Å². The highest BCUT2D eigenvalue weighted by Gasteiger charge is 2.15. The molecular weight excluding hydrogens is 270 g/mol. The van der Waals surface area contributed by atoms with Gasteiger partial charge in [-0.25, -0.2) is 0 Å². The van der Waals surface area contributed by atoms with Crippen LogP contribution in [0.3, 0.4) is 0 Å². The van der Waals surface area contributed by atoms with Crippen molar-refractivity contribution in [2.45, 2.75) is 0 Å². The first kappa shape index (κ1) is 13.3. The van der Waals surface area contributed by atoms with E-state index in [0.717, 1.165) is 0 Å². The largest absolute Gasteiger partial charge is 0.495 e. The van der Waals surface area contributed by atoms with E-state index >= 15 is 0 Å². The zero-order valence-electron chi connectivity index (χ0n) is 11.6. The van der Waals surface area contributed by atoms with Crippen molar-refractivity contribution in [1.29, 1.82) is 0 Å². The fourth-order valence-corrected chi connectivity index (χ4v) is 2.13. The molecule has 0 bridgehead atoms. The van der Waals surface area contributed by atoms with Crippen LogP contribution < -0.4 is 19.5 Å². The highest BCUT2D eigenvalue weighted by Crippen LogP contribution is 2.31. The van der Waals surface area contributed by atoms with Crippen molar-refractivity contribution in [3.63, 3.8) is 0 Å². The number of carbonyl (C=O) groups excluding carboxylic acids is 1. The number of hydrogen-bond acceptors (Lipinski definition) is 4. The summed E-state index contributed by atoms with van der Waals surface area (Å²) < 4.78 is 16.1. The van der Waals surface area contributed by atoms with Gasteiger partial charge in [0.05, 0.1) is 12.8 Å². The predicted octanol–water partition coefficient (Wildman–Crippen LogP) is 2.72. The van der Waals surface area contributed by atoms with Crippen LogP contribution in [0.1, 0.15) is 10.4 Å². The number of nitrogens with one attached hydrogen (secondary N) is 1. The molecule has 0 saturated heterocycles. The summed E-state index contributed by atoms with van der Waals surface area (Å²) in [4.78, 5) is 12.3. The highest BCUT2D eigenvalue weighted by atomic mass is 16.6. The van der Waals surface area contributed by atoms with Crippen LogP contribution in [0.2, 0.25) is 0 Å². The third-order valence-corrected chi connectivity index (χ3v) is 3.16. The number of hydrogen-bond donors (Lipinski definition) is 1. The van der Waals surface area contributed by atoms with Crippen molar-refractivity contribution in [2.24, 2.45) is 0 Å². The minimum absolute atomic E-state index is 0.225. The van der Waals surface area contributed by atoms with E-state index in [0.29, 0.717) is 41.7 Å². The third-order valence-electron chi connectivity index (χ3n) is 3.16. The zero-order valence-corrected chi connectivity index (χ0v) is 11.6. The summed E-state index contributed by atoms with van der Waals surface area (Å²) in [5.74, 6) is 1.64. The Morgan fingerprint density at radius 2 is 1.86 bits per heavy atom. The Morgan fingerprint density at radius 3 is 2.67 bits per heavy atom. The van der Waals surface area contributed by atoms with Gasteiger partial charge in [-0.3, -0.25) is 4.79 Å². The van der Waals surface area contributed by atoms with Crippen LogP contribution in [-0.4, -0.2) is 26.2 Å². The third kappa shape index (κ3) is 2.76. The molecule has 21 heavy (non-hydrogen) atoms. The lowest BCUT2D eigenvalue weighted by atomic mass is 10.1. The lowest BCUT2D eigenvalue weighted by Crippen LogP contribution is -2.17. The summed E-state index contributed by atoms with van der Waals surface area (Å²) in [6.07, 6.45) is 0. The lowest BCUT2D eigenvalue weighted by molar-refractivity contribution is 0.102. The van der Waals surface area contributed by atoms with Gasteiger partial charge in [-0.2, -0.15) is 0 Å². The number of fused-ring (bicyclic) bond motifs is 1. The Balaban J connectivity index is 1.82. The highest BCUT2D eigenvalue weighted by molar-refractivity contribution is 6.05. The Kier molecular flexibility index (Phi) is 3.64. The summed E-state index contributed by atoms with van der Waals surface area (Å²) in [7, 11) is 1.56. The molecule has 1 aliphatic rings. The quantitative estimate of drug-likeness (QED) is 0.942. The molecule has 2 aromatic carbocycles. The average Bonchev–Trinajstić information content (AvgIpc) is 2.55. The molecule has 0 radical (unpaired) electrons. The molecule has 0 fully saturated rings. The van der Waals surface area contributed by atoms with E-state index in [4.69, 9.17) is 14.2 Å². The van der Waals surface area contributed by atoms with Crippen LogP contribution in [-0.2, 0) is 0 Å². The fourth-order valence-electron chi connectivity index (χ4n) is 2.13. The molecule has 1 N–H and O–H groups in total. The zero-order chi connectivity index (χ0) is 14.7. The van der Waals surface area contributed by atoms with E-state index in [1.807, 2.05) is 12.1 Å². The summed E-state index contributed by atoms with van der Waals surface area (Å²) >= 11 is 0. The number of ether oxygens (including phenoxy) is 3. The van der Waals surface area contributed by atoms with Crippen molar-refractivity contribution in [3.05, 3.63) is 48.0 Å². The van der Waals surface area contributed by atoms with Crippen molar-refractivity contribution < 1.29 is 19.0 Å². The normalized spacial score (nSPS) is 12.6. The van der Waals surface area contributed by atoms with Crippen LogP contribution in [0.5, 0.6) is 17.2 Å². The van der Waals surface area contributed by atoms with Crippen molar-refractivity contribution in [3.8, 4) is 17.2 Å². The fraction of sp³-hybridized carbons (Fsp3) is 0.188. The van der Waals surface area contributed by atoms with Gasteiger partial charge in [0.1, 0.15) is 19.0 Å². The lowest BCUT2D eigenvalue weighted by Gasteiger charge is -2.18. The molecule has 1 aliphatic heterocycles. The Labute approximate surface area is 122 Å². The first-order chi connectivity index (χ1) is 10.3. The molecule has 5 nitrogen and oxygen atoms in total. The van der Waals surface area contributed by atoms with E-state index < -0.39 is 0 Å². The second-order valence-electron chi connectivity index (χ2n) is 4.51. The van der Waals surface area contributed by atoms with E-state index in [2.05, 4.69) is 5.32 Å². The standard InChI is InChI=1S/C16H15NO4/c1-19-13-5-3-2-4-12(13)17-16(18)11-6-7-14-15(10-11)21-9-8-20-14/h2-7,10H,8-9H2,1H3,(H,17,18). The number of carbonyl (C=O) groups is 1. The predicted molar refractivity (Wildman–Crippen MR) is 78.4 cm³/mol. The second kappa shape index (κ2) is 5.75. The van der Waals surface area contributed by atoms with Gasteiger partial charge in [-0.15, -0.1) is 0 Å². The molecule has 5 heteroatoms. The van der Waals surface area contributed by atoms with Gasteiger partial charge < -0.3 is 19.5 Å². The maximum Gasteiger partial charge on any atom is 0.255 e. The van der Waals surface area contributed by atoms with Crippen LogP contribution in [0, 0.1) is 0 Å². The van der Waals surface area contributed by atoms with Gasteiger partial charge in [0.25, 0.3) is 5.91 Å². The molecule has 108 valence electrons. The molecule has 0 saturated carbocycles. The first-order valence-corrected chi connectivity index (χ1v) is 6.62. The molecule has 0 unspecified atom stereocenters. The molecule has 0 aliphatic carbocycles. The minimum atomic E-state index is -0.225. The van der Waals surface area contributed by atoms with E-state index in [9.17, 15) is 4.79 Å². The summed E-state index contributed by atoms with van der Waals surface area (Å²) in [5.41, 5.74) is 1.13. The molecule has 0 spiro atoms. The number of anilines is 1. The van der Waals surface area contributed by atoms with Gasteiger partial charge in [0.15, 0.2) is 11.5 Å². The van der Waals surface area contributed by atoms with E-state index in [1.54, 1.807) is 37.4 Å². The number of amides is 1. The smallest absolute Gasteiger partial charge is 0.255 e. The monoisotopic (exact) mass is 285 g/mol. The van der Waals surface area contributed by atoms with Gasteiger partial charge in [-0.1, -0.05) is 12.1 Å². The molecule has 3 rings (SSSR count). The molecule has 0 atom stereocenters. The summed E-state index contributed by atoms with van der Waals surface area (Å²) in [5, 5.41) is 2.82. The maximum absolute atomic E-state index is 12.3. The van der Waals surface area contributed by atoms with E-state index in [1.165, 1.54) is 0 Å². The number of methoxy groups -OCH3 is 1. The van der Waals surface area contributed by atoms with Crippen molar-refractivity contribution in [1.82, 2.24) is 0 Å². The van der Waals surface area contributed by atoms with Crippen molar-refractivity contribution >= 4 is 11.6 Å². The number of benzene rings is 2. The van der Waals surface area contributed by atoms with Gasteiger partial charge >= 0.3 is 0 Å². The van der Waals surface area contributed by atoms with Crippen LogP contribution in [0.25, 0.3) is 0 Å². The molecular formula is C16H15NO4. The van der Waals surface area contributed by atoms with Crippen molar-refractivity contribution in [2.75, 3.05) is 25.6 Å². The molecule has 2 aromatic rings. The van der Waals surface area contributed by atoms with Gasteiger partial charge in [0.2, 0.25) is 0 Å². The Hall–Kier alpha value is -2.69. The average molecular weight is 285 g/mol. The molecule has 0 aromatic heterocycles. The van der Waals surface area contributed by atoms with Crippen LogP contribution in [0.15, 0.2) is 42.5 Å². The first-order valence-electron chi connectivity index (χ1n) is 6.62. The second-order valence-corrected chi connectivity index (χ2v) is 4.51. The molecule has 1 amide bonds. The molecule has 1 heterocycles. The number of rotatable bonds is 3. The minimum Gasteiger partial charge on any atom is -0.495 e. The maximum atomic E-state index is 12.3. The SMILES string of the molecule is COc1ccccc1NC(=O)c1ccc2c(c1)OCCO2. The topological polar surface area (TPSA) is 56.8 Å². The Morgan fingerprint density at radius 1 is 1.10 bits per heavy atom. The summed E-state index contributed by atoms with van der Waals surface area (Å²) in [6.45, 7) is 1.02. The van der Waals surface area contributed by atoms with Crippen LogP contribution >= 0.6 is 0 Å². The Bertz CT molecular complexity index is 669. The number of para-hydroxylation sites is 2. The van der Waals surface area contributed by atoms with Crippen LogP contribution in [0.4, 0.5) is 5.69 Å². The van der Waals surface area contributed by atoms with E-state index in [-0.39, 0.29) is 5.91 Å². The summed E-state index contributed by atoms with van der Waals surface area (Å²) in [6, 6.07) is 12.4. The van der Waals surface area contributed by atoms with Gasteiger partial charge in [0, 0.05) is 5.56 Å².